The number of rotatable bonds is 11. The van der Waals surface area contributed by atoms with Crippen molar-refractivity contribution in [1.29, 1.82) is 0 Å². The zero-order chi connectivity index (χ0) is 13.8. The molecule has 1 nitrogen and oxygen atoms in total. The van der Waals surface area contributed by atoms with Crippen LogP contribution in [-0.4, -0.2) is 16.8 Å². The highest BCUT2D eigenvalue weighted by atomic mass is 32.2. The summed E-state index contributed by atoms with van der Waals surface area (Å²) in [5.41, 5.74) is 0. The topological polar surface area (TPSA) is 17.1 Å². The summed E-state index contributed by atoms with van der Waals surface area (Å²) in [6, 6.07) is 0. The first-order valence-electron chi connectivity index (χ1n) is 8.46. The van der Waals surface area contributed by atoms with Crippen LogP contribution >= 0.6 is 11.8 Å². The predicted molar refractivity (Wildman–Crippen MR) is 86.9 cm³/mol. The Balaban J connectivity index is 1.87. The first-order chi connectivity index (χ1) is 9.33. The zero-order valence-corrected chi connectivity index (χ0v) is 13.6. The molecule has 1 fully saturated rings. The van der Waals surface area contributed by atoms with E-state index in [1.807, 2.05) is 11.8 Å². The van der Waals surface area contributed by atoms with Crippen molar-refractivity contribution in [2.24, 2.45) is 0 Å². The van der Waals surface area contributed by atoms with Crippen molar-refractivity contribution < 1.29 is 4.79 Å². The van der Waals surface area contributed by atoms with E-state index >= 15 is 0 Å². The van der Waals surface area contributed by atoms with Crippen LogP contribution in [0.1, 0.15) is 90.4 Å². The molecule has 0 heterocycles. The summed E-state index contributed by atoms with van der Waals surface area (Å²) in [6.45, 7) is 2.25. The molecule has 0 atom stereocenters. The number of carbonyl (C=O) groups excluding carboxylic acids is 1. The van der Waals surface area contributed by atoms with Gasteiger partial charge in [-0.1, -0.05) is 64.7 Å². The van der Waals surface area contributed by atoms with Gasteiger partial charge >= 0.3 is 0 Å². The molecule has 19 heavy (non-hydrogen) atoms. The van der Waals surface area contributed by atoms with Crippen LogP contribution in [0.3, 0.4) is 0 Å². The lowest BCUT2D eigenvalue weighted by molar-refractivity contribution is -0.116. The quantitative estimate of drug-likeness (QED) is 0.448. The fourth-order valence-electron chi connectivity index (χ4n) is 2.79. The van der Waals surface area contributed by atoms with Crippen LogP contribution in [0.2, 0.25) is 0 Å². The fraction of sp³-hybridized carbons (Fsp3) is 0.941. The van der Waals surface area contributed by atoms with Gasteiger partial charge in [0.25, 0.3) is 0 Å². The molecule has 0 amide bonds. The van der Waals surface area contributed by atoms with Gasteiger partial charge in [-0.2, -0.15) is 11.8 Å². The Labute approximate surface area is 124 Å². The van der Waals surface area contributed by atoms with Crippen LogP contribution < -0.4 is 0 Å². The van der Waals surface area contributed by atoms with E-state index in [1.165, 1.54) is 70.6 Å². The fourth-order valence-corrected chi connectivity index (χ4v) is 4.03. The van der Waals surface area contributed by atoms with E-state index in [0.717, 1.165) is 23.8 Å². The van der Waals surface area contributed by atoms with E-state index in [9.17, 15) is 4.79 Å². The van der Waals surface area contributed by atoms with Gasteiger partial charge in [0, 0.05) is 11.7 Å². The van der Waals surface area contributed by atoms with Crippen molar-refractivity contribution in [3.63, 3.8) is 0 Å². The van der Waals surface area contributed by atoms with Gasteiger partial charge in [0.05, 0.1) is 5.75 Å². The van der Waals surface area contributed by atoms with Gasteiger partial charge < -0.3 is 0 Å². The lowest BCUT2D eigenvalue weighted by atomic mass is 10.0. The summed E-state index contributed by atoms with van der Waals surface area (Å²) >= 11 is 1.93. The maximum absolute atomic E-state index is 11.8. The Hall–Kier alpha value is 0.0200. The summed E-state index contributed by atoms with van der Waals surface area (Å²) in [5.74, 6) is 1.27. The van der Waals surface area contributed by atoms with Gasteiger partial charge in [0.2, 0.25) is 0 Å². The molecule has 0 aromatic carbocycles. The molecule has 1 aliphatic carbocycles. The van der Waals surface area contributed by atoms with Gasteiger partial charge in [-0.05, 0) is 19.3 Å². The molecule has 2 heteroatoms. The smallest absolute Gasteiger partial charge is 0.142 e. The molecular formula is C17H32OS. The van der Waals surface area contributed by atoms with Crippen LogP contribution in [0.4, 0.5) is 0 Å². The number of ketones is 1. The molecule has 0 aromatic heterocycles. The van der Waals surface area contributed by atoms with Gasteiger partial charge in [-0.15, -0.1) is 0 Å². The highest BCUT2D eigenvalue weighted by molar-refractivity contribution is 8.00. The van der Waals surface area contributed by atoms with E-state index in [1.54, 1.807) is 0 Å². The van der Waals surface area contributed by atoms with Crippen molar-refractivity contribution in [2.75, 3.05) is 5.75 Å². The molecule has 0 spiro atoms. The predicted octanol–water partition coefficient (Wildman–Crippen LogP) is 5.76. The van der Waals surface area contributed by atoms with Crippen LogP contribution in [0, 0.1) is 0 Å². The third-order valence-corrected chi connectivity index (χ3v) is 5.52. The molecule has 0 unspecified atom stereocenters. The van der Waals surface area contributed by atoms with Crippen molar-refractivity contribution in [3.05, 3.63) is 0 Å². The molecule has 1 aliphatic rings. The second kappa shape index (κ2) is 11.8. The normalized spacial score (nSPS) is 16.7. The SMILES string of the molecule is CCCCCCCCCC(=O)CSC1CCCCC1. The van der Waals surface area contributed by atoms with Crippen LogP contribution in [-0.2, 0) is 4.79 Å². The summed E-state index contributed by atoms with van der Waals surface area (Å²) < 4.78 is 0. The average molecular weight is 285 g/mol. The Morgan fingerprint density at radius 3 is 2.26 bits per heavy atom. The first kappa shape index (κ1) is 17.1. The molecular weight excluding hydrogens is 252 g/mol. The zero-order valence-electron chi connectivity index (χ0n) is 12.8. The molecule has 1 saturated carbocycles. The van der Waals surface area contributed by atoms with E-state index in [2.05, 4.69) is 6.92 Å². The lowest BCUT2D eigenvalue weighted by Gasteiger charge is -2.20. The van der Waals surface area contributed by atoms with Crippen molar-refractivity contribution in [3.8, 4) is 0 Å². The third-order valence-electron chi connectivity index (χ3n) is 4.09. The molecule has 0 bridgehead atoms. The highest BCUT2D eigenvalue weighted by Gasteiger charge is 2.14. The van der Waals surface area contributed by atoms with Crippen molar-refractivity contribution >= 4 is 17.5 Å². The standard InChI is InChI=1S/C17H32OS/c1-2-3-4-5-6-7-9-12-16(18)15-19-17-13-10-8-11-14-17/h17H,2-15H2,1H3. The molecule has 0 aliphatic heterocycles. The second-order valence-corrected chi connectivity index (χ2v) is 7.27. The number of carbonyl (C=O) groups is 1. The Bertz CT molecular complexity index is 221. The molecule has 0 saturated heterocycles. The van der Waals surface area contributed by atoms with Gasteiger partial charge in [-0.25, -0.2) is 0 Å². The summed E-state index contributed by atoms with van der Waals surface area (Å²) in [6.07, 6.45) is 16.8. The van der Waals surface area contributed by atoms with E-state index in [-0.39, 0.29) is 0 Å². The molecule has 0 aromatic rings. The minimum Gasteiger partial charge on any atom is -0.299 e. The van der Waals surface area contributed by atoms with E-state index < -0.39 is 0 Å². The van der Waals surface area contributed by atoms with E-state index in [4.69, 9.17) is 0 Å². The highest BCUT2D eigenvalue weighted by Crippen LogP contribution is 2.28. The van der Waals surface area contributed by atoms with Gasteiger partial charge in [0.1, 0.15) is 5.78 Å². The molecule has 0 N–H and O–H groups in total. The summed E-state index contributed by atoms with van der Waals surface area (Å²) in [7, 11) is 0. The average Bonchev–Trinajstić information content (AvgIpc) is 2.45. The number of Topliss-reactive ketones (excluding diaryl/α,β-unsaturated/α-hetero) is 1. The van der Waals surface area contributed by atoms with E-state index in [0.29, 0.717) is 5.78 Å². The third kappa shape index (κ3) is 9.54. The molecule has 0 radical (unpaired) electrons. The largest absolute Gasteiger partial charge is 0.299 e. The second-order valence-electron chi connectivity index (χ2n) is 5.98. The Morgan fingerprint density at radius 1 is 0.947 bits per heavy atom. The first-order valence-corrected chi connectivity index (χ1v) is 9.51. The van der Waals surface area contributed by atoms with Gasteiger partial charge in [-0.3, -0.25) is 4.79 Å². The lowest BCUT2D eigenvalue weighted by Crippen LogP contribution is -2.12. The molecule has 112 valence electrons. The maximum atomic E-state index is 11.8. The van der Waals surface area contributed by atoms with Crippen molar-refractivity contribution in [2.45, 2.75) is 95.6 Å². The number of unbranched alkanes of at least 4 members (excludes halogenated alkanes) is 6. The van der Waals surface area contributed by atoms with Crippen LogP contribution in [0.25, 0.3) is 0 Å². The maximum Gasteiger partial charge on any atom is 0.142 e. The van der Waals surface area contributed by atoms with Crippen LogP contribution in [0.15, 0.2) is 0 Å². The molecule has 1 rings (SSSR count). The minimum atomic E-state index is 0.490. The Morgan fingerprint density at radius 2 is 1.58 bits per heavy atom. The number of hydrogen-bond donors (Lipinski definition) is 0. The van der Waals surface area contributed by atoms with Crippen LogP contribution in [0.5, 0.6) is 0 Å². The minimum absolute atomic E-state index is 0.490. The van der Waals surface area contributed by atoms with Gasteiger partial charge in [0.15, 0.2) is 0 Å². The summed E-state index contributed by atoms with van der Waals surface area (Å²) in [4.78, 5) is 11.8. The Kier molecular flexibility index (Phi) is 10.6. The number of hydrogen-bond acceptors (Lipinski definition) is 2. The summed E-state index contributed by atoms with van der Waals surface area (Å²) in [5, 5.41) is 0.784. The monoisotopic (exact) mass is 284 g/mol. The van der Waals surface area contributed by atoms with Crippen molar-refractivity contribution in [1.82, 2.24) is 0 Å². The number of thioether (sulfide) groups is 1.